The number of amidine groups is 1. The van der Waals surface area contributed by atoms with Crippen LogP contribution in [0.5, 0.6) is 0 Å². The third kappa shape index (κ3) is 1.22. The molecule has 0 aromatic carbocycles. The third-order valence-electron chi connectivity index (χ3n) is 1.88. The number of hydrogen-bond donors (Lipinski definition) is 1. The molecule has 0 fully saturated rings. The fourth-order valence-corrected chi connectivity index (χ4v) is 1.26. The fourth-order valence-electron chi connectivity index (χ4n) is 1.26. The Morgan fingerprint density at radius 1 is 1.58 bits per heavy atom. The molecule has 2 rings (SSSR count). The average molecular weight is 164 g/mol. The zero-order chi connectivity index (χ0) is 8.55. The fraction of sp³-hybridized carbons (Fsp3) is 0.444. The molecule has 1 aliphatic rings. The van der Waals surface area contributed by atoms with Crippen molar-refractivity contribution in [1.82, 2.24) is 5.32 Å². The topological polar surface area (TPSA) is 37.5 Å². The van der Waals surface area contributed by atoms with Crippen molar-refractivity contribution in [2.75, 3.05) is 6.54 Å². The molecule has 0 spiro atoms. The van der Waals surface area contributed by atoms with Crippen molar-refractivity contribution in [2.45, 2.75) is 19.9 Å². The van der Waals surface area contributed by atoms with Crippen LogP contribution < -0.4 is 5.32 Å². The van der Waals surface area contributed by atoms with Crippen LogP contribution in [0, 0.1) is 6.92 Å². The van der Waals surface area contributed by atoms with E-state index in [2.05, 4.69) is 17.2 Å². The molecule has 12 heavy (non-hydrogen) atoms. The van der Waals surface area contributed by atoms with Gasteiger partial charge >= 0.3 is 0 Å². The van der Waals surface area contributed by atoms with Crippen LogP contribution in [0.25, 0.3) is 0 Å². The number of nitrogens with zero attached hydrogens (tertiary/aromatic N) is 1. The van der Waals surface area contributed by atoms with Crippen molar-refractivity contribution in [3.05, 3.63) is 23.7 Å². The van der Waals surface area contributed by atoms with Gasteiger partial charge in [0.05, 0.1) is 6.54 Å². The molecule has 0 radical (unpaired) electrons. The molecular weight excluding hydrogens is 152 g/mol. The van der Waals surface area contributed by atoms with Crippen molar-refractivity contribution in [1.29, 1.82) is 0 Å². The van der Waals surface area contributed by atoms with E-state index < -0.39 is 0 Å². The Morgan fingerprint density at radius 3 is 2.92 bits per heavy atom. The maximum atomic E-state index is 5.42. The Labute approximate surface area is 71.5 Å². The van der Waals surface area contributed by atoms with E-state index in [1.807, 2.05) is 19.1 Å². The van der Waals surface area contributed by atoms with E-state index in [1.165, 1.54) is 0 Å². The van der Waals surface area contributed by atoms with E-state index in [9.17, 15) is 0 Å². The second-order valence-corrected chi connectivity index (χ2v) is 3.14. The summed E-state index contributed by atoms with van der Waals surface area (Å²) in [6.45, 7) is 4.88. The highest BCUT2D eigenvalue weighted by molar-refractivity contribution is 5.97. The zero-order valence-corrected chi connectivity index (χ0v) is 7.29. The number of rotatable bonds is 1. The third-order valence-corrected chi connectivity index (χ3v) is 1.88. The summed E-state index contributed by atoms with van der Waals surface area (Å²) in [5, 5.41) is 3.24. The van der Waals surface area contributed by atoms with E-state index >= 15 is 0 Å². The molecule has 0 bridgehead atoms. The molecular formula is C9H12N2O. The highest BCUT2D eigenvalue weighted by Crippen LogP contribution is 2.09. The summed E-state index contributed by atoms with van der Waals surface area (Å²) in [5.41, 5.74) is 0. The Morgan fingerprint density at radius 2 is 2.42 bits per heavy atom. The molecule has 64 valence electrons. The van der Waals surface area contributed by atoms with E-state index in [0.717, 1.165) is 23.9 Å². The lowest BCUT2D eigenvalue weighted by atomic mass is 10.3. The molecule has 1 aliphatic heterocycles. The SMILES string of the molecule is Cc1ccc(C2=NCC(C)N2)o1. The zero-order valence-electron chi connectivity index (χ0n) is 7.29. The van der Waals surface area contributed by atoms with Gasteiger partial charge in [-0.15, -0.1) is 0 Å². The van der Waals surface area contributed by atoms with Gasteiger partial charge in [-0.25, -0.2) is 0 Å². The predicted octanol–water partition coefficient (Wildman–Crippen LogP) is 1.33. The minimum absolute atomic E-state index is 0.436. The summed E-state index contributed by atoms with van der Waals surface area (Å²) in [5.74, 6) is 2.65. The molecule has 1 aromatic rings. The van der Waals surface area contributed by atoms with Crippen LogP contribution >= 0.6 is 0 Å². The lowest BCUT2D eigenvalue weighted by Crippen LogP contribution is -2.27. The number of hydrogen-bond acceptors (Lipinski definition) is 3. The van der Waals surface area contributed by atoms with Gasteiger partial charge in [0, 0.05) is 6.04 Å². The first-order valence-electron chi connectivity index (χ1n) is 4.13. The highest BCUT2D eigenvalue weighted by Gasteiger charge is 2.16. The second kappa shape index (κ2) is 2.66. The quantitative estimate of drug-likeness (QED) is 0.679. The van der Waals surface area contributed by atoms with Gasteiger partial charge in [0.15, 0.2) is 11.6 Å². The summed E-state index contributed by atoms with van der Waals surface area (Å²) in [6, 6.07) is 4.33. The Balaban J connectivity index is 2.21. The van der Waals surface area contributed by atoms with Crippen LogP contribution in [-0.4, -0.2) is 18.4 Å². The Hall–Kier alpha value is -1.25. The van der Waals surface area contributed by atoms with Crippen LogP contribution in [-0.2, 0) is 0 Å². The van der Waals surface area contributed by atoms with E-state index in [4.69, 9.17) is 4.42 Å². The lowest BCUT2D eigenvalue weighted by molar-refractivity contribution is 0.522. The molecule has 2 heterocycles. The Kier molecular flexibility index (Phi) is 1.64. The minimum atomic E-state index is 0.436. The van der Waals surface area contributed by atoms with E-state index in [0.29, 0.717) is 6.04 Å². The molecule has 1 aromatic heterocycles. The maximum Gasteiger partial charge on any atom is 0.168 e. The summed E-state index contributed by atoms with van der Waals surface area (Å²) < 4.78 is 5.42. The van der Waals surface area contributed by atoms with Crippen molar-refractivity contribution in [2.24, 2.45) is 4.99 Å². The molecule has 3 nitrogen and oxygen atoms in total. The van der Waals surface area contributed by atoms with Crippen molar-refractivity contribution >= 4 is 5.84 Å². The van der Waals surface area contributed by atoms with Gasteiger partial charge in [-0.1, -0.05) is 0 Å². The summed E-state index contributed by atoms with van der Waals surface area (Å²) in [4.78, 5) is 4.31. The van der Waals surface area contributed by atoms with Crippen molar-refractivity contribution < 1.29 is 4.42 Å². The number of aryl methyl sites for hydroxylation is 1. The number of nitrogens with one attached hydrogen (secondary N) is 1. The molecule has 0 saturated carbocycles. The molecule has 3 heteroatoms. The molecule has 0 saturated heterocycles. The number of aliphatic imine (C=N–C) groups is 1. The first-order valence-corrected chi connectivity index (χ1v) is 4.13. The van der Waals surface area contributed by atoms with Gasteiger partial charge < -0.3 is 9.73 Å². The lowest BCUT2D eigenvalue weighted by Gasteiger charge is -2.02. The van der Waals surface area contributed by atoms with Gasteiger partial charge in [0.1, 0.15) is 5.76 Å². The first-order chi connectivity index (χ1) is 5.75. The summed E-state index contributed by atoms with van der Waals surface area (Å²) >= 11 is 0. The van der Waals surface area contributed by atoms with Gasteiger partial charge in [0.25, 0.3) is 0 Å². The maximum absolute atomic E-state index is 5.42. The van der Waals surface area contributed by atoms with Gasteiger partial charge in [-0.2, -0.15) is 0 Å². The summed E-state index contributed by atoms with van der Waals surface area (Å²) in [7, 11) is 0. The second-order valence-electron chi connectivity index (χ2n) is 3.14. The predicted molar refractivity (Wildman–Crippen MR) is 47.4 cm³/mol. The average Bonchev–Trinajstić information content (AvgIpc) is 2.58. The minimum Gasteiger partial charge on any atom is -0.458 e. The first kappa shape index (κ1) is 7.40. The smallest absolute Gasteiger partial charge is 0.168 e. The molecule has 1 unspecified atom stereocenters. The van der Waals surface area contributed by atoms with Crippen molar-refractivity contribution in [3.8, 4) is 0 Å². The Bertz CT molecular complexity index is 314. The van der Waals surface area contributed by atoms with Gasteiger partial charge in [-0.3, -0.25) is 4.99 Å². The molecule has 0 aliphatic carbocycles. The van der Waals surface area contributed by atoms with Crippen LogP contribution in [0.15, 0.2) is 21.5 Å². The highest BCUT2D eigenvalue weighted by atomic mass is 16.3. The van der Waals surface area contributed by atoms with Crippen LogP contribution in [0.4, 0.5) is 0 Å². The normalized spacial score (nSPS) is 22.2. The molecule has 1 N–H and O–H groups in total. The van der Waals surface area contributed by atoms with Gasteiger partial charge in [-0.05, 0) is 26.0 Å². The molecule has 0 amide bonds. The van der Waals surface area contributed by atoms with Crippen LogP contribution in [0.1, 0.15) is 18.4 Å². The van der Waals surface area contributed by atoms with Gasteiger partial charge in [0.2, 0.25) is 0 Å². The standard InChI is InChI=1S/C9H12N2O/c1-6-5-10-9(11-6)8-4-3-7(2)12-8/h3-4,6H,5H2,1-2H3,(H,10,11). The van der Waals surface area contributed by atoms with Crippen LogP contribution in [0.3, 0.4) is 0 Å². The summed E-state index contributed by atoms with van der Waals surface area (Å²) in [6.07, 6.45) is 0. The number of furan rings is 1. The monoisotopic (exact) mass is 164 g/mol. The van der Waals surface area contributed by atoms with Crippen molar-refractivity contribution in [3.63, 3.8) is 0 Å². The van der Waals surface area contributed by atoms with Crippen LogP contribution in [0.2, 0.25) is 0 Å². The van der Waals surface area contributed by atoms with E-state index in [1.54, 1.807) is 0 Å². The van der Waals surface area contributed by atoms with E-state index in [-0.39, 0.29) is 0 Å². The molecule has 1 atom stereocenters. The largest absolute Gasteiger partial charge is 0.458 e.